The Morgan fingerprint density at radius 3 is 2.81 bits per heavy atom. The monoisotopic (exact) mass is 355 g/mol. The van der Waals surface area contributed by atoms with Gasteiger partial charge in [0.25, 0.3) is 0 Å². The fourth-order valence-corrected chi connectivity index (χ4v) is 3.10. The third-order valence-electron chi connectivity index (χ3n) is 4.68. The van der Waals surface area contributed by atoms with E-state index in [4.69, 9.17) is 4.74 Å². The minimum Gasteiger partial charge on any atom is -0.480 e. The molecule has 26 heavy (non-hydrogen) atoms. The van der Waals surface area contributed by atoms with E-state index >= 15 is 0 Å². The number of hydrogen-bond donors (Lipinski definition) is 1. The quantitative estimate of drug-likeness (QED) is 0.778. The van der Waals surface area contributed by atoms with Crippen LogP contribution in [0.2, 0.25) is 0 Å². The van der Waals surface area contributed by atoms with Gasteiger partial charge in [-0.3, -0.25) is 4.79 Å². The van der Waals surface area contributed by atoms with Crippen molar-refractivity contribution < 1.29 is 13.9 Å². The molecule has 0 aromatic carbocycles. The highest BCUT2D eigenvalue weighted by Gasteiger charge is 2.43. The van der Waals surface area contributed by atoms with Crippen LogP contribution in [0.5, 0.6) is 5.88 Å². The van der Waals surface area contributed by atoms with Crippen molar-refractivity contribution in [1.29, 1.82) is 0 Å². The number of halogens is 1. The van der Waals surface area contributed by atoms with Crippen LogP contribution in [0, 0.1) is 12.8 Å². The van der Waals surface area contributed by atoms with E-state index in [9.17, 15) is 9.18 Å². The Labute approximate surface area is 149 Å². The van der Waals surface area contributed by atoms with E-state index in [1.54, 1.807) is 19.4 Å². The van der Waals surface area contributed by atoms with Crippen LogP contribution in [0.1, 0.15) is 12.1 Å². The molecule has 3 aromatic rings. The van der Waals surface area contributed by atoms with Gasteiger partial charge >= 0.3 is 0 Å². The fourth-order valence-electron chi connectivity index (χ4n) is 3.10. The summed E-state index contributed by atoms with van der Waals surface area (Å²) < 4.78 is 20.4. The third-order valence-corrected chi connectivity index (χ3v) is 4.68. The van der Waals surface area contributed by atoms with Gasteiger partial charge in [-0.05, 0) is 25.5 Å². The summed E-state index contributed by atoms with van der Waals surface area (Å²) in [5.74, 6) is 0.0287. The lowest BCUT2D eigenvalue weighted by Crippen LogP contribution is -2.15. The molecule has 0 spiro atoms. The topological polar surface area (TPSA) is 81.9 Å². The minimum absolute atomic E-state index is 0.288. The van der Waals surface area contributed by atoms with Crippen molar-refractivity contribution in [2.24, 2.45) is 13.0 Å². The highest BCUT2D eigenvalue weighted by molar-refractivity contribution is 5.96. The summed E-state index contributed by atoms with van der Waals surface area (Å²) in [4.78, 5) is 24.6. The van der Waals surface area contributed by atoms with Gasteiger partial charge < -0.3 is 14.6 Å². The van der Waals surface area contributed by atoms with Gasteiger partial charge in [-0.2, -0.15) is 0 Å². The number of alkyl halides is 1. The molecule has 1 fully saturated rings. The number of pyridine rings is 1. The first kappa shape index (κ1) is 16.4. The summed E-state index contributed by atoms with van der Waals surface area (Å²) in [5.41, 5.74) is 3.37. The van der Waals surface area contributed by atoms with E-state index in [2.05, 4.69) is 20.3 Å². The van der Waals surface area contributed by atoms with Crippen molar-refractivity contribution in [1.82, 2.24) is 19.5 Å². The number of fused-ring (bicyclic) bond motifs is 1. The number of anilines is 1. The van der Waals surface area contributed by atoms with Crippen LogP contribution >= 0.6 is 0 Å². The maximum atomic E-state index is 13.0. The number of rotatable bonds is 4. The molecule has 0 saturated heterocycles. The summed E-state index contributed by atoms with van der Waals surface area (Å²) in [6.07, 6.45) is 2.40. The van der Waals surface area contributed by atoms with E-state index in [1.807, 2.05) is 24.6 Å². The maximum Gasteiger partial charge on any atom is 0.231 e. The molecule has 1 aliphatic rings. The second-order valence-electron chi connectivity index (χ2n) is 6.41. The Balaban J connectivity index is 1.74. The molecule has 1 amide bonds. The smallest absolute Gasteiger partial charge is 0.231 e. The average Bonchev–Trinajstić information content (AvgIpc) is 3.28. The van der Waals surface area contributed by atoms with Crippen LogP contribution in [0.25, 0.3) is 22.2 Å². The number of methoxy groups -OCH3 is 1. The Hall–Kier alpha value is -3.03. The zero-order valence-electron chi connectivity index (χ0n) is 14.7. The van der Waals surface area contributed by atoms with E-state index < -0.39 is 12.1 Å². The van der Waals surface area contributed by atoms with Crippen molar-refractivity contribution in [3.05, 3.63) is 30.4 Å². The van der Waals surface area contributed by atoms with Crippen molar-refractivity contribution in [2.75, 3.05) is 12.4 Å². The zero-order chi connectivity index (χ0) is 18.4. The van der Waals surface area contributed by atoms with E-state index in [0.29, 0.717) is 11.7 Å². The van der Waals surface area contributed by atoms with Crippen LogP contribution in [0.15, 0.2) is 24.7 Å². The SMILES string of the molecule is COc1ncnc(C)c1-c1cc2cc(NC(=O)C3CC3F)ncc2n1C. The first-order valence-electron chi connectivity index (χ1n) is 8.26. The highest BCUT2D eigenvalue weighted by atomic mass is 19.1. The maximum absolute atomic E-state index is 13.0. The molecule has 1 saturated carbocycles. The van der Waals surface area contributed by atoms with Gasteiger partial charge in [-0.1, -0.05) is 0 Å². The largest absolute Gasteiger partial charge is 0.480 e. The van der Waals surface area contributed by atoms with Crippen molar-refractivity contribution in [3.8, 4) is 17.1 Å². The molecule has 7 nitrogen and oxygen atoms in total. The van der Waals surface area contributed by atoms with Crippen LogP contribution in [-0.4, -0.2) is 38.7 Å². The summed E-state index contributed by atoms with van der Waals surface area (Å²) in [6.45, 7) is 1.89. The lowest BCUT2D eigenvalue weighted by Gasteiger charge is -2.10. The van der Waals surface area contributed by atoms with E-state index in [0.717, 1.165) is 27.9 Å². The van der Waals surface area contributed by atoms with E-state index in [1.165, 1.54) is 6.33 Å². The molecular weight excluding hydrogens is 337 g/mol. The molecule has 3 heterocycles. The fraction of sp³-hybridized carbons (Fsp3) is 0.333. The summed E-state index contributed by atoms with van der Waals surface area (Å²) in [7, 11) is 3.49. The first-order valence-corrected chi connectivity index (χ1v) is 8.26. The molecule has 1 N–H and O–H groups in total. The number of carbonyl (C=O) groups is 1. The van der Waals surface area contributed by atoms with Crippen molar-refractivity contribution >= 4 is 22.6 Å². The van der Waals surface area contributed by atoms with Gasteiger partial charge in [-0.15, -0.1) is 0 Å². The number of nitrogens with zero attached hydrogens (tertiary/aromatic N) is 4. The zero-order valence-corrected chi connectivity index (χ0v) is 14.7. The Morgan fingerprint density at radius 1 is 1.35 bits per heavy atom. The predicted octanol–water partition coefficient (Wildman–Crippen LogP) is 2.64. The number of ether oxygens (including phenoxy) is 1. The molecule has 0 radical (unpaired) electrons. The second kappa shape index (κ2) is 6.05. The second-order valence-corrected chi connectivity index (χ2v) is 6.41. The summed E-state index contributed by atoms with van der Waals surface area (Å²) >= 11 is 0. The molecule has 0 bridgehead atoms. The molecule has 134 valence electrons. The number of nitrogens with one attached hydrogen (secondary N) is 1. The van der Waals surface area contributed by atoms with Gasteiger partial charge in [0.05, 0.1) is 41.7 Å². The van der Waals surface area contributed by atoms with Gasteiger partial charge in [0.2, 0.25) is 11.8 Å². The number of carbonyl (C=O) groups excluding carboxylic acids is 1. The number of aromatic nitrogens is 4. The van der Waals surface area contributed by atoms with Crippen LogP contribution in [-0.2, 0) is 11.8 Å². The Kier molecular flexibility index (Phi) is 3.82. The third kappa shape index (κ3) is 2.67. The molecule has 2 atom stereocenters. The highest BCUT2D eigenvalue weighted by Crippen LogP contribution is 2.36. The molecule has 0 aliphatic heterocycles. The van der Waals surface area contributed by atoms with Gasteiger partial charge in [0.1, 0.15) is 18.3 Å². The van der Waals surface area contributed by atoms with Crippen molar-refractivity contribution in [3.63, 3.8) is 0 Å². The normalized spacial score (nSPS) is 18.8. The average molecular weight is 355 g/mol. The molecule has 1 aliphatic carbocycles. The van der Waals surface area contributed by atoms with Crippen LogP contribution < -0.4 is 10.1 Å². The standard InChI is InChI=1S/C18H18FN5O2/c1-9-16(18(26-3)22-8-21-9)13-4-10-5-15(20-7-14(10)24(13)2)23-17(25)11-6-12(11)19/h4-5,7-8,11-12H,6H2,1-3H3,(H,20,23,25). The molecule has 4 rings (SSSR count). The summed E-state index contributed by atoms with van der Waals surface area (Å²) in [5, 5.41) is 3.57. The van der Waals surface area contributed by atoms with Gasteiger partial charge in [0, 0.05) is 12.4 Å². The lowest BCUT2D eigenvalue weighted by molar-refractivity contribution is -0.117. The van der Waals surface area contributed by atoms with Crippen molar-refractivity contribution in [2.45, 2.75) is 19.5 Å². The van der Waals surface area contributed by atoms with Gasteiger partial charge in [-0.25, -0.2) is 19.3 Å². The Bertz CT molecular complexity index is 1020. The first-order chi connectivity index (χ1) is 12.5. The predicted molar refractivity (Wildman–Crippen MR) is 94.7 cm³/mol. The number of amides is 1. The number of hydrogen-bond acceptors (Lipinski definition) is 5. The van der Waals surface area contributed by atoms with E-state index in [-0.39, 0.29) is 12.3 Å². The summed E-state index contributed by atoms with van der Waals surface area (Å²) in [6, 6.07) is 3.74. The Morgan fingerprint density at radius 2 is 2.12 bits per heavy atom. The molecular formula is C18H18FN5O2. The lowest BCUT2D eigenvalue weighted by atomic mass is 10.1. The molecule has 8 heteroatoms. The van der Waals surface area contributed by atoms with Gasteiger partial charge in [0.15, 0.2) is 0 Å². The molecule has 3 aromatic heterocycles. The van der Waals surface area contributed by atoms with Crippen LogP contribution in [0.3, 0.4) is 0 Å². The minimum atomic E-state index is -1.03. The molecule has 2 unspecified atom stereocenters. The number of aryl methyl sites for hydroxylation is 2. The van der Waals surface area contributed by atoms with Crippen LogP contribution in [0.4, 0.5) is 10.2 Å².